The number of hydrogen-bond donors (Lipinski definition) is 6. The number of aromatic amines is 1. The fourth-order valence-corrected chi connectivity index (χ4v) is 3.29. The number of carboxylic acids is 1. The Morgan fingerprint density at radius 1 is 1.12 bits per heavy atom. The summed E-state index contributed by atoms with van der Waals surface area (Å²) in [6, 6.07) is 3.38. The van der Waals surface area contributed by atoms with Gasteiger partial charge in [0.25, 0.3) is 0 Å². The van der Waals surface area contributed by atoms with E-state index in [0.29, 0.717) is 58.5 Å². The average Bonchev–Trinajstić information content (AvgIpc) is 2.99. The number of aromatic nitrogens is 1. The number of carbonyl (C=O) groups is 1. The summed E-state index contributed by atoms with van der Waals surface area (Å²) in [5.41, 5.74) is 9.60. The first kappa shape index (κ1) is 19.9. The fraction of sp³-hybridized carbons (Fsp3) is 0.316. The number of H-pyrrole nitrogens is 1. The molecule has 0 bridgehead atoms. The normalized spacial score (nSPS) is 10.9. The van der Waals surface area contributed by atoms with Crippen molar-refractivity contribution in [2.24, 2.45) is 5.73 Å². The lowest BCUT2D eigenvalue weighted by Gasteiger charge is -2.17. The van der Waals surface area contributed by atoms with Crippen LogP contribution in [-0.4, -0.2) is 37.9 Å². The zero-order valence-electron chi connectivity index (χ0n) is 14.5. The van der Waals surface area contributed by atoms with Crippen LogP contribution in [0.3, 0.4) is 0 Å². The Bertz CT molecular complexity index is 811. The highest BCUT2D eigenvalue weighted by Crippen LogP contribution is 2.36. The van der Waals surface area contributed by atoms with E-state index in [-0.39, 0.29) is 25.5 Å². The number of hydrogen-bond acceptors (Lipinski definition) is 5. The summed E-state index contributed by atoms with van der Waals surface area (Å²) in [6.07, 6.45) is 2.35. The molecule has 26 heavy (non-hydrogen) atoms. The van der Waals surface area contributed by atoms with Gasteiger partial charge in [-0.15, -0.1) is 6.58 Å². The van der Waals surface area contributed by atoms with Crippen LogP contribution in [-0.2, 0) is 32.7 Å². The molecule has 7 heteroatoms. The van der Waals surface area contributed by atoms with E-state index >= 15 is 0 Å². The second-order valence-electron chi connectivity index (χ2n) is 5.87. The third kappa shape index (κ3) is 3.56. The lowest BCUT2D eigenvalue weighted by Crippen LogP contribution is -2.07. The van der Waals surface area contributed by atoms with Gasteiger partial charge in [0, 0.05) is 17.7 Å². The van der Waals surface area contributed by atoms with E-state index in [4.69, 9.17) is 5.73 Å². The van der Waals surface area contributed by atoms with Crippen molar-refractivity contribution in [3.8, 4) is 11.1 Å². The number of aromatic carboxylic acids is 1. The van der Waals surface area contributed by atoms with Gasteiger partial charge in [-0.25, -0.2) is 4.79 Å². The van der Waals surface area contributed by atoms with Crippen LogP contribution < -0.4 is 5.73 Å². The number of benzene rings is 1. The van der Waals surface area contributed by atoms with Crippen LogP contribution in [0.25, 0.3) is 11.1 Å². The maximum absolute atomic E-state index is 11.7. The predicted octanol–water partition coefficient (Wildman–Crippen LogP) is 1.09. The predicted molar refractivity (Wildman–Crippen MR) is 97.6 cm³/mol. The summed E-state index contributed by atoms with van der Waals surface area (Å²) < 4.78 is 0. The second kappa shape index (κ2) is 8.77. The zero-order valence-corrected chi connectivity index (χ0v) is 14.5. The van der Waals surface area contributed by atoms with Crippen molar-refractivity contribution in [2.45, 2.75) is 32.7 Å². The van der Waals surface area contributed by atoms with Crippen LogP contribution in [0.15, 0.2) is 24.8 Å². The third-order valence-electron chi connectivity index (χ3n) is 4.42. The van der Waals surface area contributed by atoms with Crippen molar-refractivity contribution in [1.82, 2.24) is 4.98 Å². The number of nitrogens with one attached hydrogen (secondary N) is 1. The maximum atomic E-state index is 11.7. The van der Waals surface area contributed by atoms with E-state index in [2.05, 4.69) is 11.6 Å². The topological polar surface area (TPSA) is 140 Å². The molecule has 0 amide bonds. The Kier molecular flexibility index (Phi) is 6.70. The first-order valence-corrected chi connectivity index (χ1v) is 8.28. The molecule has 140 valence electrons. The maximum Gasteiger partial charge on any atom is 0.352 e. The van der Waals surface area contributed by atoms with Crippen molar-refractivity contribution in [2.75, 3.05) is 6.54 Å². The van der Waals surface area contributed by atoms with Gasteiger partial charge in [-0.05, 0) is 40.8 Å². The van der Waals surface area contributed by atoms with Crippen LogP contribution >= 0.6 is 0 Å². The Balaban J connectivity index is 2.85. The Labute approximate surface area is 151 Å². The summed E-state index contributed by atoms with van der Waals surface area (Å²) in [5.74, 6) is -1.09. The zero-order chi connectivity index (χ0) is 19.3. The first-order valence-electron chi connectivity index (χ1n) is 8.28. The molecule has 0 unspecified atom stereocenters. The van der Waals surface area contributed by atoms with Gasteiger partial charge in [0.2, 0.25) is 0 Å². The van der Waals surface area contributed by atoms with Crippen LogP contribution in [0.4, 0.5) is 0 Å². The summed E-state index contributed by atoms with van der Waals surface area (Å²) in [6.45, 7) is 3.03. The number of carboxylic acid groups (broad SMARTS) is 1. The minimum Gasteiger partial charge on any atom is -0.477 e. The van der Waals surface area contributed by atoms with Crippen molar-refractivity contribution in [1.29, 1.82) is 0 Å². The summed E-state index contributed by atoms with van der Waals surface area (Å²) in [5, 5.41) is 38.6. The smallest absolute Gasteiger partial charge is 0.352 e. The highest BCUT2D eigenvalue weighted by Gasteiger charge is 2.24. The van der Waals surface area contributed by atoms with Crippen LogP contribution in [0.1, 0.15) is 38.4 Å². The fourth-order valence-electron chi connectivity index (χ4n) is 3.29. The number of aliphatic hydroxyl groups excluding tert-OH is 3. The molecule has 0 radical (unpaired) electrons. The molecule has 0 aliphatic heterocycles. The van der Waals surface area contributed by atoms with E-state index in [0.717, 1.165) is 0 Å². The third-order valence-corrected chi connectivity index (χ3v) is 4.42. The molecule has 1 heterocycles. The molecule has 0 spiro atoms. The quantitative estimate of drug-likeness (QED) is 0.370. The molecular formula is C19H24N2O5. The summed E-state index contributed by atoms with van der Waals surface area (Å²) in [7, 11) is 0. The van der Waals surface area contributed by atoms with Gasteiger partial charge in [-0.1, -0.05) is 18.2 Å². The van der Waals surface area contributed by atoms with Gasteiger partial charge in [0.15, 0.2) is 0 Å². The number of aliphatic hydroxyl groups is 3. The van der Waals surface area contributed by atoms with Gasteiger partial charge in [0.1, 0.15) is 5.69 Å². The SMILES string of the molecule is C=CCc1c(C(=O)O)[nH]c(CCN)c1-c1ccc(CO)c(CO)c1CO. The van der Waals surface area contributed by atoms with Gasteiger partial charge in [-0.2, -0.15) is 0 Å². The van der Waals surface area contributed by atoms with Crippen molar-refractivity contribution < 1.29 is 25.2 Å². The van der Waals surface area contributed by atoms with E-state index in [1.807, 2.05) is 0 Å². The summed E-state index contributed by atoms with van der Waals surface area (Å²) >= 11 is 0. The monoisotopic (exact) mass is 360 g/mol. The van der Waals surface area contributed by atoms with Crippen molar-refractivity contribution in [3.05, 3.63) is 58.4 Å². The minimum absolute atomic E-state index is 0.0593. The molecule has 0 aliphatic carbocycles. The molecule has 0 aliphatic rings. The van der Waals surface area contributed by atoms with E-state index < -0.39 is 5.97 Å². The molecule has 1 aromatic carbocycles. The molecule has 2 aromatic rings. The first-order chi connectivity index (χ1) is 12.5. The average molecular weight is 360 g/mol. The van der Waals surface area contributed by atoms with E-state index in [1.165, 1.54) is 0 Å². The summed E-state index contributed by atoms with van der Waals surface area (Å²) in [4.78, 5) is 14.6. The lowest BCUT2D eigenvalue weighted by molar-refractivity contribution is 0.0690. The molecule has 0 saturated heterocycles. The van der Waals surface area contributed by atoms with E-state index in [9.17, 15) is 25.2 Å². The molecule has 2 rings (SSSR count). The van der Waals surface area contributed by atoms with Gasteiger partial charge < -0.3 is 31.1 Å². The standard InChI is InChI=1S/C19H24N2O5/c1-2-3-13-17(16(6-7-20)21-18(13)19(25)26)12-5-4-11(8-22)14(9-23)15(12)10-24/h2,4-5,21-24H,1,3,6-10,20H2,(H,25,26). The molecule has 7 nitrogen and oxygen atoms in total. The number of allylic oxidation sites excluding steroid dienone is 1. The lowest BCUT2D eigenvalue weighted by atomic mass is 9.89. The molecule has 0 saturated carbocycles. The minimum atomic E-state index is -1.09. The van der Waals surface area contributed by atoms with Crippen LogP contribution in [0, 0.1) is 0 Å². The Hall–Kier alpha value is -2.45. The highest BCUT2D eigenvalue weighted by molar-refractivity contribution is 5.92. The van der Waals surface area contributed by atoms with Gasteiger partial charge in [-0.3, -0.25) is 0 Å². The highest BCUT2D eigenvalue weighted by atomic mass is 16.4. The number of rotatable bonds is 9. The van der Waals surface area contributed by atoms with Gasteiger partial charge in [0.05, 0.1) is 19.8 Å². The van der Waals surface area contributed by atoms with Crippen molar-refractivity contribution >= 4 is 5.97 Å². The molecular weight excluding hydrogens is 336 g/mol. The van der Waals surface area contributed by atoms with Crippen molar-refractivity contribution in [3.63, 3.8) is 0 Å². The Morgan fingerprint density at radius 3 is 2.31 bits per heavy atom. The molecule has 0 fully saturated rings. The largest absolute Gasteiger partial charge is 0.477 e. The van der Waals surface area contributed by atoms with Crippen LogP contribution in [0.2, 0.25) is 0 Å². The molecule has 0 atom stereocenters. The number of nitrogens with two attached hydrogens (primary N) is 1. The Morgan fingerprint density at radius 2 is 1.81 bits per heavy atom. The molecule has 7 N–H and O–H groups in total. The molecule has 1 aromatic heterocycles. The second-order valence-corrected chi connectivity index (χ2v) is 5.87. The van der Waals surface area contributed by atoms with Gasteiger partial charge >= 0.3 is 5.97 Å². The van der Waals surface area contributed by atoms with E-state index in [1.54, 1.807) is 18.2 Å². The van der Waals surface area contributed by atoms with Crippen LogP contribution in [0.5, 0.6) is 0 Å².